The van der Waals surface area contributed by atoms with Crippen molar-refractivity contribution >= 4 is 34.2 Å². The van der Waals surface area contributed by atoms with E-state index in [1.54, 1.807) is 31.2 Å². The second-order valence-corrected chi connectivity index (χ2v) is 6.00. The van der Waals surface area contributed by atoms with E-state index in [0.29, 0.717) is 33.2 Å². The van der Waals surface area contributed by atoms with Gasteiger partial charge in [-0.15, -0.1) is 0 Å². The summed E-state index contributed by atoms with van der Waals surface area (Å²) in [7, 11) is 3.00. The van der Waals surface area contributed by atoms with Gasteiger partial charge >= 0.3 is 0 Å². The van der Waals surface area contributed by atoms with Crippen LogP contribution in [0.1, 0.15) is 16.1 Å². The Labute approximate surface area is 154 Å². The van der Waals surface area contributed by atoms with Crippen LogP contribution in [-0.2, 0) is 0 Å². The molecule has 0 aliphatic heterocycles. The molecule has 0 saturated carbocycles. The molecule has 0 aliphatic carbocycles. The number of methoxy groups -OCH3 is 2. The summed E-state index contributed by atoms with van der Waals surface area (Å²) in [5.74, 6) is 0.300. The molecule has 7 heteroatoms. The van der Waals surface area contributed by atoms with Crippen LogP contribution in [0.15, 0.2) is 45.6 Å². The molecule has 26 heavy (non-hydrogen) atoms. The molecule has 0 bridgehead atoms. The summed E-state index contributed by atoms with van der Waals surface area (Å²) in [6.07, 6.45) is 0. The maximum atomic E-state index is 12.6. The Hall–Kier alpha value is -2.99. The minimum absolute atomic E-state index is 0.117. The largest absolute Gasteiger partial charge is 0.497 e. The Morgan fingerprint density at radius 2 is 1.88 bits per heavy atom. The van der Waals surface area contributed by atoms with E-state index in [4.69, 9.17) is 25.5 Å². The van der Waals surface area contributed by atoms with Crippen LogP contribution in [0.4, 0.5) is 5.69 Å². The van der Waals surface area contributed by atoms with Gasteiger partial charge in [0.15, 0.2) is 11.2 Å². The molecule has 0 fully saturated rings. The first-order valence-electron chi connectivity index (χ1n) is 7.70. The summed E-state index contributed by atoms with van der Waals surface area (Å²) in [6.45, 7) is 1.79. The Kier molecular flexibility index (Phi) is 4.86. The van der Waals surface area contributed by atoms with E-state index in [0.717, 1.165) is 11.6 Å². The number of hydrogen-bond acceptors (Lipinski definition) is 5. The first-order chi connectivity index (χ1) is 12.4. The highest BCUT2D eigenvalue weighted by Crippen LogP contribution is 2.29. The summed E-state index contributed by atoms with van der Waals surface area (Å²) in [4.78, 5) is 24.9. The van der Waals surface area contributed by atoms with Gasteiger partial charge in [-0.2, -0.15) is 0 Å². The SMILES string of the molecule is COc1ccc(OC)c(NC(=O)c2cc(=O)c3cc(Cl)c(C)cc3o2)c1. The van der Waals surface area contributed by atoms with Crippen molar-refractivity contribution in [2.24, 2.45) is 0 Å². The van der Waals surface area contributed by atoms with Gasteiger partial charge in [-0.1, -0.05) is 11.6 Å². The molecule has 0 unspecified atom stereocenters. The number of carbonyl (C=O) groups excluding carboxylic acids is 1. The van der Waals surface area contributed by atoms with Gasteiger partial charge in [0.1, 0.15) is 17.1 Å². The number of ether oxygens (including phenoxy) is 2. The molecular formula is C19H16ClNO5. The van der Waals surface area contributed by atoms with Gasteiger partial charge in [0.05, 0.1) is 25.3 Å². The summed E-state index contributed by atoms with van der Waals surface area (Å²) >= 11 is 6.05. The molecule has 0 aliphatic rings. The van der Waals surface area contributed by atoms with Gasteiger partial charge in [0, 0.05) is 17.2 Å². The van der Waals surface area contributed by atoms with Crippen molar-refractivity contribution in [3.63, 3.8) is 0 Å². The maximum absolute atomic E-state index is 12.6. The van der Waals surface area contributed by atoms with Crippen LogP contribution in [0.2, 0.25) is 5.02 Å². The van der Waals surface area contributed by atoms with E-state index in [9.17, 15) is 9.59 Å². The molecule has 0 spiro atoms. The molecule has 1 aromatic heterocycles. The normalized spacial score (nSPS) is 10.6. The van der Waals surface area contributed by atoms with Crippen LogP contribution in [0.3, 0.4) is 0 Å². The van der Waals surface area contributed by atoms with Crippen LogP contribution >= 0.6 is 11.6 Å². The second kappa shape index (κ2) is 7.09. The number of rotatable bonds is 4. The molecule has 1 heterocycles. The molecule has 1 amide bonds. The van der Waals surface area contributed by atoms with E-state index < -0.39 is 5.91 Å². The van der Waals surface area contributed by atoms with E-state index in [1.165, 1.54) is 20.3 Å². The number of nitrogens with one attached hydrogen (secondary N) is 1. The summed E-state index contributed by atoms with van der Waals surface area (Å²) in [5.41, 5.74) is 1.08. The van der Waals surface area contributed by atoms with Gasteiger partial charge in [0.25, 0.3) is 5.91 Å². The molecule has 134 valence electrons. The topological polar surface area (TPSA) is 77.8 Å². The Bertz CT molecular complexity index is 1060. The Morgan fingerprint density at radius 1 is 1.12 bits per heavy atom. The number of amides is 1. The zero-order valence-electron chi connectivity index (χ0n) is 14.4. The van der Waals surface area contributed by atoms with Crippen LogP contribution in [0.25, 0.3) is 11.0 Å². The number of benzene rings is 2. The minimum Gasteiger partial charge on any atom is -0.497 e. The zero-order chi connectivity index (χ0) is 18.8. The van der Waals surface area contributed by atoms with Crippen molar-refractivity contribution in [2.75, 3.05) is 19.5 Å². The average Bonchev–Trinajstić information content (AvgIpc) is 2.63. The van der Waals surface area contributed by atoms with Crippen LogP contribution in [0, 0.1) is 6.92 Å². The highest BCUT2D eigenvalue weighted by molar-refractivity contribution is 6.32. The minimum atomic E-state index is -0.580. The Balaban J connectivity index is 2.01. The van der Waals surface area contributed by atoms with Crippen molar-refractivity contribution in [1.82, 2.24) is 0 Å². The highest BCUT2D eigenvalue weighted by atomic mass is 35.5. The van der Waals surface area contributed by atoms with Gasteiger partial charge in [-0.05, 0) is 36.8 Å². The molecule has 3 rings (SSSR count). The summed E-state index contributed by atoms with van der Waals surface area (Å²) in [5, 5.41) is 3.44. The molecule has 0 radical (unpaired) electrons. The third-order valence-electron chi connectivity index (χ3n) is 3.89. The second-order valence-electron chi connectivity index (χ2n) is 5.59. The van der Waals surface area contributed by atoms with E-state index in [-0.39, 0.29) is 11.2 Å². The fourth-order valence-corrected chi connectivity index (χ4v) is 2.65. The summed E-state index contributed by atoms with van der Waals surface area (Å²) in [6, 6.07) is 9.27. The third-order valence-corrected chi connectivity index (χ3v) is 4.29. The van der Waals surface area contributed by atoms with Gasteiger partial charge in [0.2, 0.25) is 0 Å². The van der Waals surface area contributed by atoms with E-state index in [2.05, 4.69) is 5.32 Å². The zero-order valence-corrected chi connectivity index (χ0v) is 15.1. The van der Waals surface area contributed by atoms with Crippen LogP contribution < -0.4 is 20.2 Å². The quantitative estimate of drug-likeness (QED) is 0.747. The number of anilines is 1. The third kappa shape index (κ3) is 3.36. The first-order valence-corrected chi connectivity index (χ1v) is 8.08. The summed E-state index contributed by atoms with van der Waals surface area (Å²) < 4.78 is 16.0. The van der Waals surface area contributed by atoms with E-state index in [1.807, 2.05) is 0 Å². The molecular weight excluding hydrogens is 358 g/mol. The molecule has 0 saturated heterocycles. The number of fused-ring (bicyclic) bond motifs is 1. The van der Waals surface area contributed by atoms with Crippen molar-refractivity contribution < 1.29 is 18.7 Å². The maximum Gasteiger partial charge on any atom is 0.291 e. The standard InChI is InChI=1S/C19H16ClNO5/c1-10-6-17-12(8-13(10)20)15(22)9-18(26-17)19(23)21-14-7-11(24-2)4-5-16(14)25-3/h4-9H,1-3H3,(H,21,23). The fraction of sp³-hybridized carbons (Fsp3) is 0.158. The lowest BCUT2D eigenvalue weighted by atomic mass is 10.1. The van der Waals surface area contributed by atoms with Gasteiger partial charge in [-0.25, -0.2) is 0 Å². The van der Waals surface area contributed by atoms with Crippen molar-refractivity contribution in [2.45, 2.75) is 6.92 Å². The number of halogens is 1. The smallest absolute Gasteiger partial charge is 0.291 e. The first kappa shape index (κ1) is 17.8. The predicted molar refractivity (Wildman–Crippen MR) is 99.7 cm³/mol. The molecule has 6 nitrogen and oxygen atoms in total. The van der Waals surface area contributed by atoms with Crippen molar-refractivity contribution in [3.05, 3.63) is 63.0 Å². The number of hydrogen-bond donors (Lipinski definition) is 1. The van der Waals surface area contributed by atoms with Crippen LogP contribution in [0.5, 0.6) is 11.5 Å². The molecule has 2 aromatic carbocycles. The van der Waals surface area contributed by atoms with Crippen molar-refractivity contribution in [1.29, 1.82) is 0 Å². The lowest BCUT2D eigenvalue weighted by Crippen LogP contribution is -2.15. The highest BCUT2D eigenvalue weighted by Gasteiger charge is 2.16. The molecule has 0 atom stereocenters. The molecule has 3 aromatic rings. The predicted octanol–water partition coefficient (Wildman–Crippen LogP) is 4.02. The monoisotopic (exact) mass is 373 g/mol. The van der Waals surface area contributed by atoms with Gasteiger partial charge < -0.3 is 19.2 Å². The van der Waals surface area contributed by atoms with Gasteiger partial charge in [-0.3, -0.25) is 9.59 Å². The lowest BCUT2D eigenvalue weighted by Gasteiger charge is -2.11. The lowest BCUT2D eigenvalue weighted by molar-refractivity contribution is 0.0997. The Morgan fingerprint density at radius 3 is 2.58 bits per heavy atom. The van der Waals surface area contributed by atoms with Crippen molar-refractivity contribution in [3.8, 4) is 11.5 Å². The number of carbonyl (C=O) groups is 1. The average molecular weight is 374 g/mol. The fourth-order valence-electron chi connectivity index (χ4n) is 2.48. The van der Waals surface area contributed by atoms with Crippen LogP contribution in [-0.4, -0.2) is 20.1 Å². The number of aryl methyl sites for hydroxylation is 1. The molecule has 1 N–H and O–H groups in total. The van der Waals surface area contributed by atoms with E-state index >= 15 is 0 Å².